The average molecular weight is 203 g/mol. The molecule has 15 heavy (non-hydrogen) atoms. The fraction of sp³-hybridized carbons (Fsp3) is 0. The first-order chi connectivity index (χ1) is 7.13. The van der Waals surface area contributed by atoms with Gasteiger partial charge in [-0.05, 0) is 18.2 Å². The maximum Gasteiger partial charge on any atom is 0.259 e. The van der Waals surface area contributed by atoms with E-state index in [2.05, 4.69) is 4.98 Å². The number of hydrogen-bond donors (Lipinski definition) is 1. The lowest BCUT2D eigenvalue weighted by Crippen LogP contribution is -2.22. The third-order valence-corrected chi connectivity index (χ3v) is 2.09. The van der Waals surface area contributed by atoms with Crippen molar-refractivity contribution in [3.05, 3.63) is 45.4 Å². The number of aromatic nitrogens is 1. The molecule has 1 aromatic heterocycles. The van der Waals surface area contributed by atoms with E-state index in [1.165, 1.54) is 0 Å². The second kappa shape index (κ2) is 3.13. The minimum atomic E-state index is -0.666. The summed E-state index contributed by atoms with van der Waals surface area (Å²) >= 11 is 0. The van der Waals surface area contributed by atoms with Crippen LogP contribution in [0.5, 0.6) is 0 Å². The van der Waals surface area contributed by atoms with Gasteiger partial charge in [0.15, 0.2) is 12.1 Å². The highest BCUT2D eigenvalue weighted by atomic mass is 16.1. The minimum absolute atomic E-state index is 0.0573. The van der Waals surface area contributed by atoms with Crippen molar-refractivity contribution in [3.63, 3.8) is 0 Å². The molecule has 74 valence electrons. The lowest BCUT2D eigenvalue weighted by molar-refractivity contribution is 0.0989. The number of fused-ring (bicyclic) bond motifs is 1. The van der Waals surface area contributed by atoms with Gasteiger partial charge in [0.1, 0.15) is 5.69 Å². The van der Waals surface area contributed by atoms with Crippen LogP contribution in [0.1, 0.15) is 31.2 Å². The maximum atomic E-state index is 11.3. The predicted octanol–water partition coefficient (Wildman–Crippen LogP) is 0.123. The van der Waals surface area contributed by atoms with E-state index in [0.717, 1.165) is 18.2 Å². The van der Waals surface area contributed by atoms with Crippen molar-refractivity contribution in [2.24, 2.45) is 0 Å². The summed E-state index contributed by atoms with van der Waals surface area (Å²) in [5.74, 6) is -0.844. The van der Waals surface area contributed by atoms with E-state index >= 15 is 0 Å². The number of aldehydes is 1. The van der Waals surface area contributed by atoms with Crippen LogP contribution in [0.2, 0.25) is 0 Å². The van der Waals surface area contributed by atoms with Crippen LogP contribution in [0.15, 0.2) is 23.0 Å². The topological polar surface area (TPSA) is 84.1 Å². The Balaban J connectivity index is 2.79. The summed E-state index contributed by atoms with van der Waals surface area (Å²) in [6, 6.07) is 1.13. The molecule has 0 fully saturated rings. The van der Waals surface area contributed by atoms with Crippen LogP contribution >= 0.6 is 0 Å². The summed E-state index contributed by atoms with van der Waals surface area (Å²) in [6.45, 7) is 0. The molecule has 5 heteroatoms. The van der Waals surface area contributed by atoms with Gasteiger partial charge >= 0.3 is 0 Å². The second-order valence-electron chi connectivity index (χ2n) is 3.02. The molecule has 0 amide bonds. The minimum Gasteiger partial charge on any atom is -0.318 e. The number of pyridine rings is 1. The van der Waals surface area contributed by atoms with Gasteiger partial charge in [-0.3, -0.25) is 19.2 Å². The van der Waals surface area contributed by atoms with Gasteiger partial charge in [-0.2, -0.15) is 0 Å². The van der Waals surface area contributed by atoms with Crippen LogP contribution in [0.3, 0.4) is 0 Å². The third-order valence-electron chi connectivity index (χ3n) is 2.09. The van der Waals surface area contributed by atoms with Gasteiger partial charge in [-0.25, -0.2) is 0 Å². The molecular formula is C10H5NO4. The van der Waals surface area contributed by atoms with Crippen molar-refractivity contribution in [1.29, 1.82) is 0 Å². The van der Waals surface area contributed by atoms with E-state index in [0.29, 0.717) is 6.29 Å². The normalized spacial score (nSPS) is 13.9. The van der Waals surface area contributed by atoms with E-state index in [9.17, 15) is 19.2 Å². The molecule has 0 unspecified atom stereocenters. The SMILES string of the molecule is O=Cc1cc2c([nH]c1=O)C(=O)C=CC2=O. The lowest BCUT2D eigenvalue weighted by Gasteiger charge is -2.07. The molecule has 0 aromatic carbocycles. The van der Waals surface area contributed by atoms with Gasteiger partial charge in [0, 0.05) is 0 Å². The largest absolute Gasteiger partial charge is 0.318 e. The van der Waals surface area contributed by atoms with Crippen LogP contribution in [-0.2, 0) is 0 Å². The Hall–Kier alpha value is -2.30. The highest BCUT2D eigenvalue weighted by Gasteiger charge is 2.21. The summed E-state index contributed by atoms with van der Waals surface area (Å²) < 4.78 is 0. The molecule has 1 aromatic rings. The van der Waals surface area contributed by atoms with Gasteiger partial charge < -0.3 is 4.98 Å². The summed E-state index contributed by atoms with van der Waals surface area (Å²) in [4.78, 5) is 46.5. The average Bonchev–Trinajstić information content (AvgIpc) is 2.23. The fourth-order valence-corrected chi connectivity index (χ4v) is 1.35. The van der Waals surface area contributed by atoms with E-state index in [1.54, 1.807) is 0 Å². The number of carbonyl (C=O) groups excluding carboxylic acids is 3. The number of ketones is 2. The molecule has 0 saturated heterocycles. The van der Waals surface area contributed by atoms with Gasteiger partial charge in [-0.15, -0.1) is 0 Å². The first kappa shape index (κ1) is 9.26. The number of hydrogen-bond acceptors (Lipinski definition) is 4. The van der Waals surface area contributed by atoms with Crippen molar-refractivity contribution in [3.8, 4) is 0 Å². The van der Waals surface area contributed by atoms with Gasteiger partial charge in [0.05, 0.1) is 11.1 Å². The summed E-state index contributed by atoms with van der Waals surface area (Å²) in [7, 11) is 0. The Morgan fingerprint density at radius 2 is 1.73 bits per heavy atom. The highest BCUT2D eigenvalue weighted by molar-refractivity contribution is 6.21. The molecule has 1 heterocycles. The summed E-state index contributed by atoms with van der Waals surface area (Å²) in [5, 5.41) is 0. The Labute approximate surface area is 83.4 Å². The number of aromatic amines is 1. The lowest BCUT2D eigenvalue weighted by atomic mass is 9.99. The Kier molecular flexibility index (Phi) is 1.93. The molecule has 1 aliphatic carbocycles. The molecular weight excluding hydrogens is 198 g/mol. The number of nitrogens with one attached hydrogen (secondary N) is 1. The van der Waals surface area contributed by atoms with Crippen molar-refractivity contribution in [2.45, 2.75) is 0 Å². The smallest absolute Gasteiger partial charge is 0.259 e. The first-order valence-electron chi connectivity index (χ1n) is 4.12. The fourth-order valence-electron chi connectivity index (χ4n) is 1.35. The Morgan fingerprint density at radius 3 is 2.40 bits per heavy atom. The first-order valence-corrected chi connectivity index (χ1v) is 4.12. The Bertz CT molecular complexity index is 565. The molecule has 0 spiro atoms. The van der Waals surface area contributed by atoms with Crippen molar-refractivity contribution in [1.82, 2.24) is 4.98 Å². The van der Waals surface area contributed by atoms with Gasteiger partial charge in [0.2, 0.25) is 5.78 Å². The number of H-pyrrole nitrogens is 1. The predicted molar refractivity (Wildman–Crippen MR) is 50.3 cm³/mol. The molecule has 2 rings (SSSR count). The highest BCUT2D eigenvalue weighted by Crippen LogP contribution is 2.13. The summed E-state index contributed by atoms with van der Waals surface area (Å²) in [5.41, 5.74) is -0.826. The standard InChI is InChI=1S/C10H5NO4/c12-4-5-3-6-7(13)1-2-8(14)9(6)11-10(5)15/h1-4H,(H,11,15). The van der Waals surface area contributed by atoms with E-state index in [4.69, 9.17) is 0 Å². The van der Waals surface area contributed by atoms with Crippen molar-refractivity contribution < 1.29 is 14.4 Å². The molecule has 0 aliphatic heterocycles. The zero-order chi connectivity index (χ0) is 11.0. The second-order valence-corrected chi connectivity index (χ2v) is 3.02. The van der Waals surface area contributed by atoms with Crippen LogP contribution in [0.25, 0.3) is 0 Å². The van der Waals surface area contributed by atoms with Crippen LogP contribution in [0.4, 0.5) is 0 Å². The molecule has 5 nitrogen and oxygen atoms in total. The van der Waals surface area contributed by atoms with E-state index in [1.807, 2.05) is 0 Å². The zero-order valence-electron chi connectivity index (χ0n) is 7.44. The molecule has 0 bridgehead atoms. The van der Waals surface area contributed by atoms with Crippen LogP contribution in [0, 0.1) is 0 Å². The third kappa shape index (κ3) is 1.34. The molecule has 0 radical (unpaired) electrons. The number of carbonyl (C=O) groups is 3. The summed E-state index contributed by atoms with van der Waals surface area (Å²) in [6.07, 6.45) is 2.54. The number of rotatable bonds is 1. The van der Waals surface area contributed by atoms with Crippen LogP contribution in [-0.4, -0.2) is 22.8 Å². The molecule has 1 aliphatic rings. The van der Waals surface area contributed by atoms with Crippen molar-refractivity contribution >= 4 is 17.9 Å². The molecule has 1 N–H and O–H groups in total. The van der Waals surface area contributed by atoms with E-state index < -0.39 is 17.1 Å². The van der Waals surface area contributed by atoms with E-state index in [-0.39, 0.29) is 16.8 Å². The Morgan fingerprint density at radius 1 is 1.07 bits per heavy atom. The molecule has 0 atom stereocenters. The molecule has 0 saturated carbocycles. The number of allylic oxidation sites excluding steroid dienone is 2. The monoisotopic (exact) mass is 203 g/mol. The van der Waals surface area contributed by atoms with Gasteiger partial charge in [-0.1, -0.05) is 0 Å². The van der Waals surface area contributed by atoms with Crippen LogP contribution < -0.4 is 5.56 Å². The van der Waals surface area contributed by atoms with Gasteiger partial charge in [0.25, 0.3) is 5.56 Å². The quantitative estimate of drug-likeness (QED) is 0.657. The van der Waals surface area contributed by atoms with Crippen molar-refractivity contribution in [2.75, 3.05) is 0 Å². The maximum absolute atomic E-state index is 11.3. The zero-order valence-corrected chi connectivity index (χ0v) is 7.44.